The van der Waals surface area contributed by atoms with Crippen LogP contribution in [0.4, 0.5) is 0 Å². The second-order valence-corrected chi connectivity index (χ2v) is 7.02. The van der Waals surface area contributed by atoms with Gasteiger partial charge in [-0.15, -0.1) is 0 Å². The Morgan fingerprint density at radius 3 is 2.74 bits per heavy atom. The number of nitrogens with zero attached hydrogens (tertiary/aromatic N) is 2. The van der Waals surface area contributed by atoms with Gasteiger partial charge in [0.1, 0.15) is 5.69 Å². The molecule has 0 aromatic carbocycles. The summed E-state index contributed by atoms with van der Waals surface area (Å²) in [5.41, 5.74) is 0.816. The molecule has 0 spiro atoms. The van der Waals surface area contributed by atoms with Gasteiger partial charge in [-0.3, -0.25) is 4.79 Å². The summed E-state index contributed by atoms with van der Waals surface area (Å²) in [6.45, 7) is 4.80. The molecule has 0 N–H and O–H groups in total. The highest BCUT2D eigenvalue weighted by atomic mass is 79.9. The van der Waals surface area contributed by atoms with E-state index in [9.17, 15) is 4.79 Å². The molecule has 0 bridgehead atoms. The Balaban J connectivity index is 2.07. The van der Waals surface area contributed by atoms with Crippen LogP contribution in [-0.4, -0.2) is 40.0 Å². The predicted octanol–water partition coefficient (Wildman–Crippen LogP) is 3.63. The summed E-state index contributed by atoms with van der Waals surface area (Å²) in [6, 6.07) is 1.94. The highest BCUT2D eigenvalue weighted by Gasteiger charge is 2.25. The first-order valence-electron chi connectivity index (χ1n) is 6.83. The lowest BCUT2D eigenvalue weighted by Crippen LogP contribution is -2.40. The quantitative estimate of drug-likeness (QED) is 0.833. The van der Waals surface area contributed by atoms with Crippen LogP contribution in [-0.2, 0) is 6.54 Å². The number of aryl methyl sites for hydroxylation is 1. The third-order valence-corrected chi connectivity index (χ3v) is 5.18. The molecule has 1 fully saturated rings. The van der Waals surface area contributed by atoms with Gasteiger partial charge in [-0.05, 0) is 47.5 Å². The Kier molecular flexibility index (Phi) is 5.39. The number of hydrogen-bond acceptors (Lipinski definition) is 2. The van der Waals surface area contributed by atoms with Crippen molar-refractivity contribution in [3.63, 3.8) is 0 Å². The van der Waals surface area contributed by atoms with E-state index in [1.807, 2.05) is 28.9 Å². The first kappa shape index (κ1) is 15.0. The SMILES string of the molecule is CCCn1cc(Br)cc1C(=O)N1CCC(SC)CC1. The normalized spacial score (nSPS) is 16.9. The number of rotatable bonds is 4. The first-order chi connectivity index (χ1) is 9.15. The predicted molar refractivity (Wildman–Crippen MR) is 84.9 cm³/mol. The minimum atomic E-state index is 0.179. The molecule has 1 saturated heterocycles. The molecular weight excluding hydrogens is 324 g/mol. The Hall–Kier alpha value is -0.420. The van der Waals surface area contributed by atoms with E-state index in [2.05, 4.69) is 33.7 Å². The van der Waals surface area contributed by atoms with Crippen molar-refractivity contribution in [2.75, 3.05) is 19.3 Å². The maximum atomic E-state index is 12.6. The summed E-state index contributed by atoms with van der Waals surface area (Å²) >= 11 is 5.39. The van der Waals surface area contributed by atoms with Gasteiger partial charge in [0.2, 0.25) is 0 Å². The molecule has 5 heteroatoms. The fourth-order valence-corrected chi connectivity index (χ4v) is 3.68. The number of likely N-dealkylation sites (tertiary alicyclic amines) is 1. The second kappa shape index (κ2) is 6.84. The summed E-state index contributed by atoms with van der Waals surface area (Å²) in [5.74, 6) is 0.179. The monoisotopic (exact) mass is 344 g/mol. The molecule has 0 unspecified atom stereocenters. The number of thioether (sulfide) groups is 1. The minimum Gasteiger partial charge on any atom is -0.342 e. The molecule has 1 aliphatic heterocycles. The van der Waals surface area contributed by atoms with E-state index >= 15 is 0 Å². The van der Waals surface area contributed by atoms with Gasteiger partial charge in [0.25, 0.3) is 5.91 Å². The van der Waals surface area contributed by atoms with Gasteiger partial charge in [0.05, 0.1) is 0 Å². The largest absolute Gasteiger partial charge is 0.342 e. The fraction of sp³-hybridized carbons (Fsp3) is 0.643. The number of carbonyl (C=O) groups is 1. The Morgan fingerprint density at radius 2 is 2.16 bits per heavy atom. The van der Waals surface area contributed by atoms with Crippen molar-refractivity contribution in [1.82, 2.24) is 9.47 Å². The molecule has 106 valence electrons. The molecule has 0 radical (unpaired) electrons. The van der Waals surface area contributed by atoms with Crippen LogP contribution in [0.1, 0.15) is 36.7 Å². The molecule has 1 aliphatic rings. The number of aromatic nitrogens is 1. The summed E-state index contributed by atoms with van der Waals surface area (Å²) in [7, 11) is 0. The maximum absolute atomic E-state index is 12.6. The number of carbonyl (C=O) groups excluding carboxylic acids is 1. The van der Waals surface area contributed by atoms with Gasteiger partial charge >= 0.3 is 0 Å². The van der Waals surface area contributed by atoms with E-state index in [4.69, 9.17) is 0 Å². The zero-order chi connectivity index (χ0) is 13.8. The zero-order valence-electron chi connectivity index (χ0n) is 11.6. The molecule has 19 heavy (non-hydrogen) atoms. The second-order valence-electron chi connectivity index (χ2n) is 4.96. The highest BCUT2D eigenvalue weighted by Crippen LogP contribution is 2.23. The van der Waals surface area contributed by atoms with E-state index in [1.165, 1.54) is 0 Å². The third kappa shape index (κ3) is 3.57. The van der Waals surface area contributed by atoms with E-state index in [0.717, 1.165) is 54.3 Å². The molecule has 1 aromatic rings. The van der Waals surface area contributed by atoms with Crippen molar-refractivity contribution in [2.24, 2.45) is 0 Å². The number of halogens is 1. The molecular formula is C14H21BrN2OS. The topological polar surface area (TPSA) is 25.2 Å². The average Bonchev–Trinajstić information content (AvgIpc) is 2.79. The lowest BCUT2D eigenvalue weighted by molar-refractivity contribution is 0.0716. The van der Waals surface area contributed by atoms with Crippen molar-refractivity contribution in [1.29, 1.82) is 0 Å². The summed E-state index contributed by atoms with van der Waals surface area (Å²) in [4.78, 5) is 14.6. The van der Waals surface area contributed by atoms with Crippen LogP contribution >= 0.6 is 27.7 Å². The van der Waals surface area contributed by atoms with Crippen LogP contribution in [0.3, 0.4) is 0 Å². The third-order valence-electron chi connectivity index (χ3n) is 3.61. The van der Waals surface area contributed by atoms with Crippen molar-refractivity contribution in [2.45, 2.75) is 38.0 Å². The first-order valence-corrected chi connectivity index (χ1v) is 8.91. The Labute approximate surface area is 127 Å². The van der Waals surface area contributed by atoms with Crippen LogP contribution < -0.4 is 0 Å². The lowest BCUT2D eigenvalue weighted by atomic mass is 10.1. The molecule has 1 amide bonds. The molecule has 3 nitrogen and oxygen atoms in total. The summed E-state index contributed by atoms with van der Waals surface area (Å²) < 4.78 is 3.05. The summed E-state index contributed by atoms with van der Waals surface area (Å²) in [5, 5.41) is 0.721. The molecule has 2 heterocycles. The van der Waals surface area contributed by atoms with Gasteiger partial charge in [0.15, 0.2) is 0 Å². The fourth-order valence-electron chi connectivity index (χ4n) is 2.54. The van der Waals surface area contributed by atoms with Crippen molar-refractivity contribution in [3.05, 3.63) is 22.4 Å². The number of amides is 1. The van der Waals surface area contributed by atoms with Gasteiger partial charge in [-0.2, -0.15) is 11.8 Å². The molecule has 1 aromatic heterocycles. The smallest absolute Gasteiger partial charge is 0.270 e. The standard InChI is InChI=1S/C14H21BrN2OS/c1-3-6-17-10-11(15)9-13(17)14(18)16-7-4-12(19-2)5-8-16/h9-10,12H,3-8H2,1-2H3. The Morgan fingerprint density at radius 1 is 1.47 bits per heavy atom. The van der Waals surface area contributed by atoms with Crippen molar-refractivity contribution < 1.29 is 4.79 Å². The van der Waals surface area contributed by atoms with Crippen LogP contribution in [0.15, 0.2) is 16.7 Å². The van der Waals surface area contributed by atoms with E-state index in [1.54, 1.807) is 0 Å². The van der Waals surface area contributed by atoms with Gasteiger partial charge in [-0.25, -0.2) is 0 Å². The highest BCUT2D eigenvalue weighted by molar-refractivity contribution is 9.10. The van der Waals surface area contributed by atoms with Crippen LogP contribution in [0.25, 0.3) is 0 Å². The summed E-state index contributed by atoms with van der Waals surface area (Å²) in [6.07, 6.45) is 7.43. The van der Waals surface area contributed by atoms with Crippen LogP contribution in [0.5, 0.6) is 0 Å². The van der Waals surface area contributed by atoms with Crippen LogP contribution in [0, 0.1) is 0 Å². The molecule has 0 aliphatic carbocycles. The number of piperidine rings is 1. The van der Waals surface area contributed by atoms with Crippen molar-refractivity contribution >= 4 is 33.6 Å². The van der Waals surface area contributed by atoms with Crippen molar-refractivity contribution in [3.8, 4) is 0 Å². The lowest BCUT2D eigenvalue weighted by Gasteiger charge is -2.31. The maximum Gasteiger partial charge on any atom is 0.270 e. The molecule has 2 rings (SSSR count). The van der Waals surface area contributed by atoms with Gasteiger partial charge in [-0.1, -0.05) is 6.92 Å². The van der Waals surface area contributed by atoms with E-state index < -0.39 is 0 Å². The zero-order valence-corrected chi connectivity index (χ0v) is 14.0. The average molecular weight is 345 g/mol. The van der Waals surface area contributed by atoms with E-state index in [0.29, 0.717) is 0 Å². The Bertz CT molecular complexity index is 439. The van der Waals surface area contributed by atoms with E-state index in [-0.39, 0.29) is 5.91 Å². The molecule has 0 saturated carbocycles. The van der Waals surface area contributed by atoms with Gasteiger partial charge < -0.3 is 9.47 Å². The number of hydrogen-bond donors (Lipinski definition) is 0. The van der Waals surface area contributed by atoms with Gasteiger partial charge in [0, 0.05) is 35.6 Å². The minimum absolute atomic E-state index is 0.179. The van der Waals surface area contributed by atoms with Crippen LogP contribution in [0.2, 0.25) is 0 Å². The molecule has 0 atom stereocenters.